The number of hydrogen-bond donors (Lipinski definition) is 1. The Bertz CT molecular complexity index is 1000. The van der Waals surface area contributed by atoms with Crippen LogP contribution in [0, 0.1) is 0 Å². The lowest BCUT2D eigenvalue weighted by Crippen LogP contribution is -2.29. The van der Waals surface area contributed by atoms with E-state index in [1.165, 1.54) is 34.5 Å². The van der Waals surface area contributed by atoms with Gasteiger partial charge in [-0.05, 0) is 41.5 Å². The SMILES string of the molecule is C=CCOc1ccc(/C=C/C(=O)NC(CC(=O)OC)c2ccc(OC)c(OC)c2)cc1OC. The third kappa shape index (κ3) is 7.31. The van der Waals surface area contributed by atoms with Crippen molar-refractivity contribution < 1.29 is 33.3 Å². The Labute approximate surface area is 193 Å². The molecule has 0 aliphatic heterocycles. The molecule has 0 radical (unpaired) electrons. The monoisotopic (exact) mass is 455 g/mol. The largest absolute Gasteiger partial charge is 0.493 e. The molecule has 33 heavy (non-hydrogen) atoms. The van der Waals surface area contributed by atoms with Gasteiger partial charge in [0.2, 0.25) is 5.91 Å². The van der Waals surface area contributed by atoms with Crippen LogP contribution in [-0.2, 0) is 14.3 Å². The van der Waals surface area contributed by atoms with Gasteiger partial charge in [0.25, 0.3) is 0 Å². The van der Waals surface area contributed by atoms with E-state index in [0.717, 1.165) is 5.56 Å². The van der Waals surface area contributed by atoms with Crippen LogP contribution >= 0.6 is 0 Å². The first-order valence-corrected chi connectivity index (χ1v) is 10.1. The van der Waals surface area contributed by atoms with Gasteiger partial charge < -0.3 is 29.0 Å². The summed E-state index contributed by atoms with van der Waals surface area (Å²) in [5, 5.41) is 2.84. The Kier molecular flexibility index (Phi) is 9.82. The molecule has 0 aliphatic carbocycles. The predicted octanol–water partition coefficient (Wildman–Crippen LogP) is 3.71. The van der Waals surface area contributed by atoms with Crippen molar-refractivity contribution in [3.63, 3.8) is 0 Å². The van der Waals surface area contributed by atoms with Crippen molar-refractivity contribution in [2.75, 3.05) is 35.0 Å². The van der Waals surface area contributed by atoms with Gasteiger partial charge in [-0.1, -0.05) is 24.8 Å². The summed E-state index contributed by atoms with van der Waals surface area (Å²) in [6.07, 6.45) is 4.61. The number of methoxy groups -OCH3 is 4. The van der Waals surface area contributed by atoms with Crippen LogP contribution in [0.1, 0.15) is 23.6 Å². The molecule has 2 aromatic carbocycles. The number of nitrogens with one attached hydrogen (secondary N) is 1. The Morgan fingerprint density at radius 3 is 2.24 bits per heavy atom. The van der Waals surface area contributed by atoms with Crippen LogP contribution in [0.5, 0.6) is 23.0 Å². The quantitative estimate of drug-likeness (QED) is 0.296. The van der Waals surface area contributed by atoms with Crippen LogP contribution in [-0.4, -0.2) is 46.9 Å². The second-order valence-corrected chi connectivity index (χ2v) is 6.80. The summed E-state index contributed by atoms with van der Waals surface area (Å²) in [5.74, 6) is 1.29. The molecule has 8 heteroatoms. The van der Waals surface area contributed by atoms with Gasteiger partial charge in [-0.2, -0.15) is 0 Å². The average Bonchev–Trinajstić information content (AvgIpc) is 2.85. The summed E-state index contributed by atoms with van der Waals surface area (Å²) < 4.78 is 26.2. The molecule has 0 spiro atoms. The van der Waals surface area contributed by atoms with Crippen LogP contribution < -0.4 is 24.3 Å². The summed E-state index contributed by atoms with van der Waals surface area (Å²) in [6.45, 7) is 3.97. The van der Waals surface area contributed by atoms with Gasteiger partial charge in [0.1, 0.15) is 6.61 Å². The fraction of sp³-hybridized carbons (Fsp3) is 0.280. The number of ether oxygens (including phenoxy) is 5. The predicted molar refractivity (Wildman–Crippen MR) is 125 cm³/mol. The topological polar surface area (TPSA) is 92.3 Å². The highest BCUT2D eigenvalue weighted by atomic mass is 16.5. The third-order valence-electron chi connectivity index (χ3n) is 4.70. The first kappa shape index (κ1) is 25.3. The van der Waals surface area contributed by atoms with Gasteiger partial charge in [0, 0.05) is 6.08 Å². The summed E-state index contributed by atoms with van der Waals surface area (Å²) in [5.41, 5.74) is 1.41. The van der Waals surface area contributed by atoms with E-state index in [1.807, 2.05) is 0 Å². The van der Waals surface area contributed by atoms with Gasteiger partial charge in [-0.15, -0.1) is 0 Å². The molecular formula is C25H29NO7. The Morgan fingerprint density at radius 1 is 0.939 bits per heavy atom. The van der Waals surface area contributed by atoms with Crippen molar-refractivity contribution in [1.29, 1.82) is 0 Å². The molecule has 8 nitrogen and oxygen atoms in total. The maximum Gasteiger partial charge on any atom is 0.307 e. The minimum Gasteiger partial charge on any atom is -0.493 e. The molecule has 2 rings (SSSR count). The normalized spacial score (nSPS) is 11.4. The first-order chi connectivity index (χ1) is 15.9. The molecule has 2 aromatic rings. The van der Waals surface area contributed by atoms with E-state index in [4.69, 9.17) is 23.7 Å². The Hall–Kier alpha value is -3.94. The highest BCUT2D eigenvalue weighted by Crippen LogP contribution is 2.31. The minimum atomic E-state index is -0.626. The van der Waals surface area contributed by atoms with Gasteiger partial charge in [0.15, 0.2) is 23.0 Å². The van der Waals surface area contributed by atoms with Gasteiger partial charge in [0.05, 0.1) is 40.9 Å². The molecule has 0 aromatic heterocycles. The van der Waals surface area contributed by atoms with Crippen molar-refractivity contribution in [3.05, 3.63) is 66.3 Å². The van der Waals surface area contributed by atoms with Crippen molar-refractivity contribution >= 4 is 18.0 Å². The highest BCUT2D eigenvalue weighted by molar-refractivity contribution is 5.92. The average molecular weight is 456 g/mol. The Balaban J connectivity index is 2.20. The summed E-state index contributed by atoms with van der Waals surface area (Å²) >= 11 is 0. The van der Waals surface area contributed by atoms with Crippen LogP contribution in [0.2, 0.25) is 0 Å². The molecule has 1 amide bonds. The zero-order valence-electron chi connectivity index (χ0n) is 19.3. The van der Waals surface area contributed by atoms with E-state index in [1.54, 1.807) is 48.6 Å². The first-order valence-electron chi connectivity index (χ1n) is 10.1. The van der Waals surface area contributed by atoms with E-state index >= 15 is 0 Å². The summed E-state index contributed by atoms with van der Waals surface area (Å²) in [7, 11) is 5.88. The Morgan fingerprint density at radius 2 is 1.61 bits per heavy atom. The second-order valence-electron chi connectivity index (χ2n) is 6.80. The molecule has 0 bridgehead atoms. The molecular weight excluding hydrogens is 426 g/mol. The number of amides is 1. The molecule has 1 unspecified atom stereocenters. The molecule has 1 atom stereocenters. The molecule has 176 valence electrons. The van der Waals surface area contributed by atoms with Gasteiger partial charge >= 0.3 is 5.97 Å². The molecule has 0 fully saturated rings. The summed E-state index contributed by atoms with van der Waals surface area (Å²) in [4.78, 5) is 24.6. The van der Waals surface area contributed by atoms with Crippen LogP contribution in [0.4, 0.5) is 0 Å². The number of esters is 1. The van der Waals surface area contributed by atoms with Crippen molar-refractivity contribution in [2.24, 2.45) is 0 Å². The smallest absolute Gasteiger partial charge is 0.307 e. The van der Waals surface area contributed by atoms with E-state index in [2.05, 4.69) is 11.9 Å². The maximum absolute atomic E-state index is 12.6. The van der Waals surface area contributed by atoms with Crippen LogP contribution in [0.3, 0.4) is 0 Å². The van der Waals surface area contributed by atoms with Gasteiger partial charge in [-0.25, -0.2) is 0 Å². The van der Waals surface area contributed by atoms with Crippen LogP contribution in [0.25, 0.3) is 6.08 Å². The number of carbonyl (C=O) groups is 2. The second kappa shape index (κ2) is 12.8. The highest BCUT2D eigenvalue weighted by Gasteiger charge is 2.20. The van der Waals surface area contributed by atoms with Crippen molar-refractivity contribution in [3.8, 4) is 23.0 Å². The lowest BCUT2D eigenvalue weighted by Gasteiger charge is -2.19. The summed E-state index contributed by atoms with van der Waals surface area (Å²) in [6, 6.07) is 9.85. The number of hydrogen-bond acceptors (Lipinski definition) is 7. The molecule has 0 saturated heterocycles. The maximum atomic E-state index is 12.6. The zero-order valence-corrected chi connectivity index (χ0v) is 19.3. The van der Waals surface area contributed by atoms with Crippen molar-refractivity contribution in [1.82, 2.24) is 5.32 Å². The van der Waals surface area contributed by atoms with Gasteiger partial charge in [-0.3, -0.25) is 9.59 Å². The number of carbonyl (C=O) groups excluding carboxylic acids is 2. The standard InChI is InChI=1S/C25H29NO7/c1-6-13-33-21-10-7-17(14-22(21)30-3)8-12-24(27)26-19(16-25(28)32-5)18-9-11-20(29-2)23(15-18)31-4/h6-12,14-15,19H,1,13,16H2,2-5H3,(H,26,27)/b12-8+. The van der Waals surface area contributed by atoms with E-state index in [9.17, 15) is 9.59 Å². The molecule has 0 heterocycles. The number of rotatable bonds is 12. The minimum absolute atomic E-state index is 0.0469. The lowest BCUT2D eigenvalue weighted by atomic mass is 10.0. The molecule has 0 saturated carbocycles. The zero-order chi connectivity index (χ0) is 24.2. The third-order valence-corrected chi connectivity index (χ3v) is 4.70. The van der Waals surface area contributed by atoms with E-state index < -0.39 is 12.0 Å². The molecule has 1 N–H and O–H groups in total. The number of benzene rings is 2. The van der Waals surface area contributed by atoms with Crippen molar-refractivity contribution in [2.45, 2.75) is 12.5 Å². The fourth-order valence-corrected chi connectivity index (χ4v) is 3.02. The fourth-order valence-electron chi connectivity index (χ4n) is 3.02. The van der Waals surface area contributed by atoms with E-state index in [-0.39, 0.29) is 12.3 Å². The van der Waals surface area contributed by atoms with Crippen LogP contribution in [0.15, 0.2) is 55.1 Å². The lowest BCUT2D eigenvalue weighted by molar-refractivity contribution is -0.141. The molecule has 0 aliphatic rings. The van der Waals surface area contributed by atoms with E-state index in [0.29, 0.717) is 35.2 Å².